The lowest BCUT2D eigenvalue weighted by molar-refractivity contribution is 0.0600. The van der Waals surface area contributed by atoms with E-state index in [1.165, 1.54) is 23.7 Å². The van der Waals surface area contributed by atoms with Crippen LogP contribution in [0.15, 0.2) is 71.2 Å². The average molecular weight is 598 g/mol. The molecular weight excluding hydrogens is 575 g/mol. The van der Waals surface area contributed by atoms with Crippen molar-refractivity contribution in [1.29, 1.82) is 0 Å². The minimum absolute atomic E-state index is 0.102. The van der Waals surface area contributed by atoms with E-state index >= 15 is 0 Å². The molecule has 35 heavy (non-hydrogen) atoms. The summed E-state index contributed by atoms with van der Waals surface area (Å²) in [5.41, 5.74) is 2.75. The second-order valence-electron chi connectivity index (χ2n) is 8.36. The van der Waals surface area contributed by atoms with Gasteiger partial charge < -0.3 is 4.74 Å². The summed E-state index contributed by atoms with van der Waals surface area (Å²) in [5, 5.41) is 1.29. The Morgan fingerprint density at radius 1 is 1.00 bits per heavy atom. The van der Waals surface area contributed by atoms with Gasteiger partial charge in [0.05, 0.1) is 36.7 Å². The summed E-state index contributed by atoms with van der Waals surface area (Å²) in [5.74, 6) is -0.540. The first-order valence-corrected chi connectivity index (χ1v) is 14.1. The molecule has 4 rings (SSSR count). The number of esters is 1. The number of rotatable bonds is 7. The third-order valence-corrected chi connectivity index (χ3v) is 8.06. The maximum atomic E-state index is 12.9. The maximum absolute atomic E-state index is 12.9. The molecule has 1 fully saturated rings. The normalized spacial score (nSPS) is 14.6. The van der Waals surface area contributed by atoms with Crippen molar-refractivity contribution in [2.45, 2.75) is 12.1 Å². The van der Waals surface area contributed by atoms with Gasteiger partial charge in [-0.1, -0.05) is 63.4 Å². The van der Waals surface area contributed by atoms with E-state index in [1.807, 2.05) is 48.5 Å². The van der Waals surface area contributed by atoms with Crippen LogP contribution in [0.3, 0.4) is 0 Å². The SMILES string of the molecule is COC(=O)c1cc(Br)cc(N(C2CN(C(c3ccc(Cl)cc3)c3ccc(Cl)cc3)C2)S(C)(=O)=O)c1. The molecule has 1 aliphatic heterocycles. The van der Waals surface area contributed by atoms with Crippen LogP contribution < -0.4 is 4.31 Å². The first-order chi connectivity index (χ1) is 16.6. The van der Waals surface area contributed by atoms with Crippen molar-refractivity contribution < 1.29 is 17.9 Å². The molecule has 3 aromatic rings. The highest BCUT2D eigenvalue weighted by Crippen LogP contribution is 2.37. The van der Waals surface area contributed by atoms with Crippen LogP contribution in [0, 0.1) is 0 Å². The molecule has 1 heterocycles. The predicted molar refractivity (Wildman–Crippen MR) is 143 cm³/mol. The lowest BCUT2D eigenvalue weighted by atomic mass is 9.93. The second kappa shape index (κ2) is 10.5. The Morgan fingerprint density at radius 3 is 1.97 bits per heavy atom. The van der Waals surface area contributed by atoms with E-state index in [2.05, 4.69) is 20.8 Å². The average Bonchev–Trinajstić information content (AvgIpc) is 2.78. The van der Waals surface area contributed by atoms with E-state index < -0.39 is 16.0 Å². The van der Waals surface area contributed by atoms with Gasteiger partial charge in [0.25, 0.3) is 0 Å². The van der Waals surface area contributed by atoms with Crippen LogP contribution in [-0.4, -0.2) is 51.8 Å². The highest BCUT2D eigenvalue weighted by atomic mass is 79.9. The number of hydrogen-bond donors (Lipinski definition) is 0. The molecule has 0 bridgehead atoms. The van der Waals surface area contributed by atoms with Gasteiger partial charge in [-0.05, 0) is 53.6 Å². The summed E-state index contributed by atoms with van der Waals surface area (Å²) < 4.78 is 32.5. The number of likely N-dealkylation sites (tertiary alicyclic amines) is 1. The van der Waals surface area contributed by atoms with Crippen molar-refractivity contribution in [2.75, 3.05) is 30.8 Å². The zero-order valence-corrected chi connectivity index (χ0v) is 22.9. The summed E-state index contributed by atoms with van der Waals surface area (Å²) in [6.07, 6.45) is 1.17. The number of sulfonamides is 1. The maximum Gasteiger partial charge on any atom is 0.337 e. The number of hydrogen-bond acceptors (Lipinski definition) is 5. The van der Waals surface area contributed by atoms with Gasteiger partial charge >= 0.3 is 5.97 Å². The minimum Gasteiger partial charge on any atom is -0.465 e. The van der Waals surface area contributed by atoms with Crippen LogP contribution in [0.5, 0.6) is 0 Å². The van der Waals surface area contributed by atoms with Gasteiger partial charge in [-0.25, -0.2) is 13.2 Å². The van der Waals surface area contributed by atoms with Crippen molar-refractivity contribution in [3.8, 4) is 0 Å². The van der Waals surface area contributed by atoms with Gasteiger partial charge in [0.1, 0.15) is 0 Å². The molecule has 3 aromatic carbocycles. The van der Waals surface area contributed by atoms with Gasteiger partial charge in [0.15, 0.2) is 0 Å². The van der Waals surface area contributed by atoms with Crippen molar-refractivity contribution >= 4 is 60.8 Å². The van der Waals surface area contributed by atoms with Crippen LogP contribution in [0.25, 0.3) is 0 Å². The molecule has 0 atom stereocenters. The van der Waals surface area contributed by atoms with E-state index in [-0.39, 0.29) is 17.6 Å². The fraction of sp³-hybridized carbons (Fsp3) is 0.240. The number of carbonyl (C=O) groups is 1. The van der Waals surface area contributed by atoms with E-state index in [0.29, 0.717) is 33.3 Å². The Bertz CT molecular complexity index is 1280. The van der Waals surface area contributed by atoms with Crippen molar-refractivity contribution in [1.82, 2.24) is 4.90 Å². The van der Waals surface area contributed by atoms with Crippen molar-refractivity contribution in [3.05, 3.63) is 97.9 Å². The first kappa shape index (κ1) is 26.0. The Kier molecular flexibility index (Phi) is 7.78. The van der Waals surface area contributed by atoms with Gasteiger partial charge in [0, 0.05) is 27.6 Å². The Morgan fingerprint density at radius 2 is 1.51 bits per heavy atom. The molecule has 1 saturated heterocycles. The van der Waals surface area contributed by atoms with Crippen LogP contribution in [0.4, 0.5) is 5.69 Å². The van der Waals surface area contributed by atoms with Crippen LogP contribution in [0.1, 0.15) is 27.5 Å². The molecule has 0 saturated carbocycles. The lowest BCUT2D eigenvalue weighted by Crippen LogP contribution is -2.61. The summed E-state index contributed by atoms with van der Waals surface area (Å²) in [6.45, 7) is 0.978. The molecule has 1 aliphatic rings. The lowest BCUT2D eigenvalue weighted by Gasteiger charge is -2.48. The van der Waals surface area contributed by atoms with Crippen LogP contribution in [0.2, 0.25) is 10.0 Å². The number of methoxy groups -OCH3 is 1. The second-order valence-corrected chi connectivity index (χ2v) is 12.0. The molecule has 0 N–H and O–H groups in total. The minimum atomic E-state index is -3.63. The molecule has 0 spiro atoms. The number of carbonyl (C=O) groups excluding carboxylic acids is 1. The van der Waals surface area contributed by atoms with Gasteiger partial charge in [0.2, 0.25) is 10.0 Å². The highest BCUT2D eigenvalue weighted by molar-refractivity contribution is 9.10. The smallest absolute Gasteiger partial charge is 0.337 e. The Hall–Kier alpha value is -2.10. The number of benzene rings is 3. The highest BCUT2D eigenvalue weighted by Gasteiger charge is 2.41. The monoisotopic (exact) mass is 596 g/mol. The first-order valence-electron chi connectivity index (χ1n) is 10.7. The number of nitrogens with zero attached hydrogens (tertiary/aromatic N) is 2. The molecule has 0 amide bonds. The van der Waals surface area contributed by atoms with E-state index in [0.717, 1.165) is 11.1 Å². The van der Waals surface area contributed by atoms with Gasteiger partial charge in [-0.15, -0.1) is 0 Å². The quantitative estimate of drug-likeness (QED) is 0.323. The molecular formula is C25H23BrCl2N2O4S. The standard InChI is InChI=1S/C25H23BrCl2N2O4S/c1-34-25(31)18-11-19(26)13-22(12-18)30(35(2,32)33)23-14-29(15-23)24(16-3-7-20(27)8-4-16)17-5-9-21(28)10-6-17/h3-13,23-24H,14-15H2,1-2H3. The van der Waals surface area contributed by atoms with Crippen molar-refractivity contribution in [2.24, 2.45) is 0 Å². The largest absolute Gasteiger partial charge is 0.465 e. The molecule has 0 aromatic heterocycles. The molecule has 184 valence electrons. The van der Waals surface area contributed by atoms with Crippen LogP contribution in [-0.2, 0) is 14.8 Å². The van der Waals surface area contributed by atoms with E-state index in [9.17, 15) is 13.2 Å². The number of halogens is 3. The summed E-state index contributed by atoms with van der Waals surface area (Å²) in [7, 11) is -2.35. The molecule has 0 unspecified atom stereocenters. The number of anilines is 1. The third-order valence-electron chi connectivity index (χ3n) is 5.87. The van der Waals surface area contributed by atoms with Crippen LogP contribution >= 0.6 is 39.1 Å². The molecule has 6 nitrogen and oxygen atoms in total. The Labute approximate surface area is 223 Å². The van der Waals surface area contributed by atoms with E-state index in [1.54, 1.807) is 12.1 Å². The fourth-order valence-electron chi connectivity index (χ4n) is 4.36. The molecule has 0 aliphatic carbocycles. The third kappa shape index (κ3) is 5.84. The van der Waals surface area contributed by atoms with Crippen molar-refractivity contribution in [3.63, 3.8) is 0 Å². The predicted octanol–water partition coefficient (Wildman–Crippen LogP) is 5.78. The zero-order chi connectivity index (χ0) is 25.3. The fourth-order valence-corrected chi connectivity index (χ4v) is 6.26. The number of ether oxygens (including phenoxy) is 1. The zero-order valence-electron chi connectivity index (χ0n) is 19.0. The Balaban J connectivity index is 1.66. The summed E-state index contributed by atoms with van der Waals surface area (Å²) in [6, 6.07) is 19.7. The molecule has 0 radical (unpaired) electrons. The summed E-state index contributed by atoms with van der Waals surface area (Å²) >= 11 is 15.6. The summed E-state index contributed by atoms with van der Waals surface area (Å²) in [4.78, 5) is 14.3. The topological polar surface area (TPSA) is 66.9 Å². The molecule has 10 heteroatoms. The van der Waals surface area contributed by atoms with Gasteiger partial charge in [-0.3, -0.25) is 9.21 Å². The van der Waals surface area contributed by atoms with Gasteiger partial charge in [-0.2, -0.15) is 0 Å². The van der Waals surface area contributed by atoms with E-state index in [4.69, 9.17) is 27.9 Å².